The van der Waals surface area contributed by atoms with Gasteiger partial charge in [-0.3, -0.25) is 4.79 Å². The normalized spacial score (nSPS) is 14.8. The fraction of sp³-hybridized carbons (Fsp3) is 0.381. The number of morpholine rings is 1. The number of benzene rings is 2. The second-order valence-corrected chi connectivity index (χ2v) is 8.65. The van der Waals surface area contributed by atoms with Crippen LogP contribution in [0.3, 0.4) is 0 Å². The van der Waals surface area contributed by atoms with Crippen molar-refractivity contribution in [2.24, 2.45) is 0 Å². The zero-order valence-corrected chi connectivity index (χ0v) is 18.0. The minimum Gasteiger partial charge on any atom is -0.493 e. The van der Waals surface area contributed by atoms with Crippen LogP contribution in [0.15, 0.2) is 47.4 Å². The number of anilines is 1. The van der Waals surface area contributed by atoms with E-state index in [0.29, 0.717) is 31.3 Å². The summed E-state index contributed by atoms with van der Waals surface area (Å²) in [5.74, 6) is -0.135. The molecule has 0 aliphatic carbocycles. The SMILES string of the molecule is CCOc1ccc(S(=O)(=O)N2CCOCC2)cc1NC(=O)CCOc1cccc(F)c1. The van der Waals surface area contributed by atoms with Crippen molar-refractivity contribution in [2.45, 2.75) is 18.2 Å². The molecule has 1 N–H and O–H groups in total. The molecule has 0 radical (unpaired) electrons. The third-order valence-electron chi connectivity index (χ3n) is 4.53. The molecule has 0 bridgehead atoms. The maximum Gasteiger partial charge on any atom is 0.243 e. The Kier molecular flexibility index (Phi) is 7.83. The molecular formula is C21H25FN2O6S. The first kappa shape index (κ1) is 23.0. The van der Waals surface area contributed by atoms with Gasteiger partial charge < -0.3 is 19.5 Å². The van der Waals surface area contributed by atoms with Crippen molar-refractivity contribution in [3.8, 4) is 11.5 Å². The molecule has 2 aromatic rings. The van der Waals surface area contributed by atoms with Gasteiger partial charge in [0.1, 0.15) is 17.3 Å². The largest absolute Gasteiger partial charge is 0.493 e. The number of carbonyl (C=O) groups is 1. The van der Waals surface area contributed by atoms with Crippen molar-refractivity contribution in [2.75, 3.05) is 44.8 Å². The van der Waals surface area contributed by atoms with Crippen molar-refractivity contribution in [1.82, 2.24) is 4.31 Å². The second kappa shape index (κ2) is 10.6. The van der Waals surface area contributed by atoms with E-state index in [1.54, 1.807) is 13.0 Å². The third-order valence-corrected chi connectivity index (χ3v) is 6.42. The fourth-order valence-electron chi connectivity index (χ4n) is 3.02. The molecule has 0 unspecified atom stereocenters. The van der Waals surface area contributed by atoms with E-state index in [1.165, 1.54) is 40.7 Å². The Morgan fingerprint density at radius 1 is 1.16 bits per heavy atom. The molecule has 1 saturated heterocycles. The number of amides is 1. The van der Waals surface area contributed by atoms with E-state index in [9.17, 15) is 17.6 Å². The monoisotopic (exact) mass is 452 g/mol. The van der Waals surface area contributed by atoms with Gasteiger partial charge in [0.25, 0.3) is 0 Å². The quantitative estimate of drug-likeness (QED) is 0.629. The molecule has 2 aromatic carbocycles. The van der Waals surface area contributed by atoms with Crippen LogP contribution >= 0.6 is 0 Å². The Morgan fingerprint density at radius 2 is 1.94 bits per heavy atom. The van der Waals surface area contributed by atoms with Crippen LogP contribution in [0.2, 0.25) is 0 Å². The van der Waals surface area contributed by atoms with Gasteiger partial charge in [0.15, 0.2) is 0 Å². The zero-order chi connectivity index (χ0) is 22.3. The Balaban J connectivity index is 1.69. The number of ether oxygens (including phenoxy) is 3. The molecule has 168 valence electrons. The third kappa shape index (κ3) is 6.16. The summed E-state index contributed by atoms with van der Waals surface area (Å²) in [7, 11) is -3.72. The summed E-state index contributed by atoms with van der Waals surface area (Å²) < 4.78 is 56.5. The molecule has 1 fully saturated rings. The van der Waals surface area contributed by atoms with Gasteiger partial charge in [0.2, 0.25) is 15.9 Å². The highest BCUT2D eigenvalue weighted by Gasteiger charge is 2.27. The smallest absolute Gasteiger partial charge is 0.243 e. The van der Waals surface area contributed by atoms with E-state index >= 15 is 0 Å². The Bertz CT molecular complexity index is 1010. The molecule has 0 aromatic heterocycles. The number of rotatable bonds is 9. The topological polar surface area (TPSA) is 94.2 Å². The highest BCUT2D eigenvalue weighted by Crippen LogP contribution is 2.29. The first-order valence-corrected chi connectivity index (χ1v) is 11.4. The van der Waals surface area contributed by atoms with Gasteiger partial charge in [0.05, 0.1) is 43.4 Å². The molecule has 1 aliphatic heterocycles. The second-order valence-electron chi connectivity index (χ2n) is 6.71. The molecule has 0 atom stereocenters. The number of hydrogen-bond donors (Lipinski definition) is 1. The Morgan fingerprint density at radius 3 is 2.65 bits per heavy atom. The van der Waals surface area contributed by atoms with E-state index < -0.39 is 21.7 Å². The van der Waals surface area contributed by atoms with Gasteiger partial charge >= 0.3 is 0 Å². The van der Waals surface area contributed by atoms with Crippen molar-refractivity contribution < 1.29 is 31.8 Å². The molecule has 1 amide bonds. The lowest BCUT2D eigenvalue weighted by Gasteiger charge is -2.26. The standard InChI is InChI=1S/C21H25FN2O6S/c1-2-29-20-7-6-18(31(26,27)24-9-12-28-13-10-24)15-19(20)23-21(25)8-11-30-17-5-3-4-16(22)14-17/h3-7,14-15H,2,8-13H2,1H3,(H,23,25). The fourth-order valence-corrected chi connectivity index (χ4v) is 4.45. The van der Waals surface area contributed by atoms with Crippen LogP contribution in [0.4, 0.5) is 10.1 Å². The molecule has 3 rings (SSSR count). The van der Waals surface area contributed by atoms with Crippen molar-refractivity contribution in [1.29, 1.82) is 0 Å². The van der Waals surface area contributed by atoms with Gasteiger partial charge in [-0.25, -0.2) is 12.8 Å². The van der Waals surface area contributed by atoms with Crippen LogP contribution in [0.25, 0.3) is 0 Å². The number of nitrogens with one attached hydrogen (secondary N) is 1. The molecule has 0 spiro atoms. The lowest BCUT2D eigenvalue weighted by Crippen LogP contribution is -2.40. The lowest BCUT2D eigenvalue weighted by molar-refractivity contribution is -0.116. The molecule has 1 aliphatic rings. The molecule has 10 heteroatoms. The van der Waals surface area contributed by atoms with Gasteiger partial charge in [0, 0.05) is 19.2 Å². The number of nitrogens with zero attached hydrogens (tertiary/aromatic N) is 1. The van der Waals surface area contributed by atoms with Gasteiger partial charge in [-0.15, -0.1) is 0 Å². The highest BCUT2D eigenvalue weighted by molar-refractivity contribution is 7.89. The van der Waals surface area contributed by atoms with E-state index in [2.05, 4.69) is 5.32 Å². The molecular weight excluding hydrogens is 427 g/mol. The first-order chi connectivity index (χ1) is 14.9. The van der Waals surface area contributed by atoms with Crippen LogP contribution < -0.4 is 14.8 Å². The summed E-state index contributed by atoms with van der Waals surface area (Å²) in [6.07, 6.45) is -0.0114. The Hall–Kier alpha value is -2.69. The summed E-state index contributed by atoms with van der Waals surface area (Å²) in [5, 5.41) is 2.68. The van der Waals surface area contributed by atoms with E-state index in [4.69, 9.17) is 14.2 Å². The predicted octanol–water partition coefficient (Wildman–Crippen LogP) is 2.65. The van der Waals surface area contributed by atoms with E-state index in [1.807, 2.05) is 0 Å². The predicted molar refractivity (Wildman–Crippen MR) is 112 cm³/mol. The molecule has 31 heavy (non-hydrogen) atoms. The van der Waals surface area contributed by atoms with Crippen LogP contribution in [-0.4, -0.2) is 58.1 Å². The van der Waals surface area contributed by atoms with Crippen LogP contribution in [0.5, 0.6) is 11.5 Å². The Labute approximate surface area is 181 Å². The van der Waals surface area contributed by atoms with E-state index in [0.717, 1.165) is 0 Å². The summed E-state index contributed by atoms with van der Waals surface area (Å²) >= 11 is 0. The maximum atomic E-state index is 13.2. The average Bonchev–Trinajstić information content (AvgIpc) is 2.76. The van der Waals surface area contributed by atoms with Crippen LogP contribution in [-0.2, 0) is 19.6 Å². The lowest BCUT2D eigenvalue weighted by atomic mass is 10.2. The summed E-state index contributed by atoms with van der Waals surface area (Å²) in [6.45, 7) is 3.39. The van der Waals surface area contributed by atoms with Crippen molar-refractivity contribution in [3.63, 3.8) is 0 Å². The summed E-state index contributed by atoms with van der Waals surface area (Å²) in [4.78, 5) is 12.5. The van der Waals surface area contributed by atoms with Gasteiger partial charge in [-0.05, 0) is 37.3 Å². The molecule has 8 nitrogen and oxygen atoms in total. The highest BCUT2D eigenvalue weighted by atomic mass is 32.2. The maximum absolute atomic E-state index is 13.2. The number of halogens is 1. The number of carbonyl (C=O) groups excluding carboxylic acids is 1. The number of hydrogen-bond acceptors (Lipinski definition) is 6. The summed E-state index contributed by atoms with van der Waals surface area (Å²) in [5.41, 5.74) is 0.256. The van der Waals surface area contributed by atoms with Crippen LogP contribution in [0, 0.1) is 5.82 Å². The minimum absolute atomic E-state index is 0.0114. The summed E-state index contributed by atoms with van der Waals surface area (Å²) in [6, 6.07) is 10.0. The van der Waals surface area contributed by atoms with E-state index in [-0.39, 0.29) is 36.7 Å². The average molecular weight is 453 g/mol. The van der Waals surface area contributed by atoms with Crippen molar-refractivity contribution >= 4 is 21.6 Å². The zero-order valence-electron chi connectivity index (χ0n) is 17.2. The molecule has 1 heterocycles. The first-order valence-electron chi connectivity index (χ1n) is 9.93. The van der Waals surface area contributed by atoms with Crippen LogP contribution in [0.1, 0.15) is 13.3 Å². The van der Waals surface area contributed by atoms with Crippen molar-refractivity contribution in [3.05, 3.63) is 48.3 Å². The minimum atomic E-state index is -3.72. The number of sulfonamides is 1. The van der Waals surface area contributed by atoms with Gasteiger partial charge in [-0.1, -0.05) is 6.07 Å². The van der Waals surface area contributed by atoms with Gasteiger partial charge in [-0.2, -0.15) is 4.31 Å². The molecule has 0 saturated carbocycles.